The number of ether oxygens (including phenoxy) is 2. The van der Waals surface area contributed by atoms with Crippen LogP contribution in [0.15, 0.2) is 39.2 Å². The Labute approximate surface area is 347 Å². The van der Waals surface area contributed by atoms with Gasteiger partial charge in [-0.2, -0.15) is 0 Å². The molecule has 4 rings (SSSR count). The van der Waals surface area contributed by atoms with Crippen LogP contribution in [-0.4, -0.2) is 58.7 Å². The van der Waals surface area contributed by atoms with E-state index in [0.29, 0.717) is 49.8 Å². The molecule has 1 fully saturated rings. The molecule has 0 saturated carbocycles. The fraction of sp³-hybridized carbons (Fsp3) is 0.600. The van der Waals surface area contributed by atoms with E-state index in [0.717, 1.165) is 72.7 Å². The number of unbranched alkanes of at least 4 members (excludes halogenated alkanes) is 2. The van der Waals surface area contributed by atoms with E-state index in [4.69, 9.17) is 20.9 Å². The Balaban J connectivity index is 1.92. The highest BCUT2D eigenvalue weighted by atomic mass is 32.2. The molecule has 12 nitrogen and oxygen atoms in total. The second-order valence-electron chi connectivity index (χ2n) is 17.1. The van der Waals surface area contributed by atoms with Crippen molar-refractivity contribution in [2.24, 2.45) is 34.1 Å². The van der Waals surface area contributed by atoms with Gasteiger partial charge in [0.1, 0.15) is 11.1 Å². The Morgan fingerprint density at radius 3 is 1.32 bits per heavy atom. The standard InChI is InChI=1S/C40H56N4O8S4/c1-11-13-15-43-35(49)26(36(50)44(43)16-14-12-2)38-55-31-27(51-23(45)17-21(3)19-39(5,6)7)29-30(54-37(53-29)25(33(41)47)34(42)48)28(32(31)56-38)52-24(46)18-22(4)20-40(8,9)10/h21-22H,11-20H2,1-10H3,(H2,41,47)(H2,42,48). The van der Waals surface area contributed by atoms with Crippen molar-refractivity contribution in [3.8, 4) is 11.5 Å². The number of nitrogens with two attached hydrogens (primary N) is 2. The summed E-state index contributed by atoms with van der Waals surface area (Å²) in [5.74, 6) is -3.76. The van der Waals surface area contributed by atoms with Gasteiger partial charge in [0.2, 0.25) is 0 Å². The third-order valence-corrected chi connectivity index (χ3v) is 14.1. The van der Waals surface area contributed by atoms with E-state index in [1.807, 2.05) is 27.7 Å². The first-order valence-electron chi connectivity index (χ1n) is 19.1. The summed E-state index contributed by atoms with van der Waals surface area (Å²) in [5, 5.41) is 3.03. The van der Waals surface area contributed by atoms with E-state index in [1.165, 1.54) is 10.0 Å². The second kappa shape index (κ2) is 18.7. The molecule has 3 aliphatic heterocycles. The molecule has 2 atom stereocenters. The number of hydrogen-bond acceptors (Lipinski definition) is 12. The van der Waals surface area contributed by atoms with Gasteiger partial charge < -0.3 is 20.9 Å². The fourth-order valence-corrected chi connectivity index (χ4v) is 12.6. The lowest BCUT2D eigenvalue weighted by Crippen LogP contribution is -2.42. The lowest BCUT2D eigenvalue weighted by molar-refractivity contribution is -0.147. The lowest BCUT2D eigenvalue weighted by Gasteiger charge is -2.27. The molecule has 3 aliphatic rings. The fourth-order valence-electron chi connectivity index (χ4n) is 7.03. The molecule has 56 heavy (non-hydrogen) atoms. The Kier molecular flexibility index (Phi) is 15.2. The molecule has 1 saturated heterocycles. The van der Waals surface area contributed by atoms with Crippen molar-refractivity contribution >= 4 is 82.6 Å². The van der Waals surface area contributed by atoms with Crippen molar-refractivity contribution in [2.75, 3.05) is 13.1 Å². The first kappa shape index (κ1) is 45.6. The molecular weight excluding hydrogens is 793 g/mol. The van der Waals surface area contributed by atoms with Gasteiger partial charge >= 0.3 is 11.9 Å². The van der Waals surface area contributed by atoms with E-state index in [2.05, 4.69) is 41.5 Å². The van der Waals surface area contributed by atoms with E-state index >= 15 is 0 Å². The van der Waals surface area contributed by atoms with Crippen molar-refractivity contribution in [1.82, 2.24) is 10.0 Å². The number of thioether (sulfide) groups is 4. The summed E-state index contributed by atoms with van der Waals surface area (Å²) in [6.45, 7) is 21.3. The van der Waals surface area contributed by atoms with E-state index in [-0.39, 0.29) is 56.8 Å². The summed E-state index contributed by atoms with van der Waals surface area (Å²) >= 11 is 4.13. The molecular formula is C40H56N4O8S4. The van der Waals surface area contributed by atoms with Gasteiger partial charge in [-0.05, 0) is 48.3 Å². The maximum atomic E-state index is 14.1. The third-order valence-electron chi connectivity index (χ3n) is 8.94. The first-order valence-corrected chi connectivity index (χ1v) is 22.4. The average Bonchev–Trinajstić information content (AvgIpc) is 3.72. The van der Waals surface area contributed by atoms with Crippen molar-refractivity contribution in [3.63, 3.8) is 0 Å². The normalized spacial score (nSPS) is 16.6. The monoisotopic (exact) mass is 848 g/mol. The number of carbonyl (C=O) groups is 6. The van der Waals surface area contributed by atoms with Gasteiger partial charge in [-0.25, -0.2) is 10.0 Å². The maximum Gasteiger partial charge on any atom is 0.311 e. The highest BCUT2D eigenvalue weighted by Crippen LogP contribution is 2.68. The topological polar surface area (TPSA) is 179 Å². The molecule has 4 N–H and O–H groups in total. The van der Waals surface area contributed by atoms with Gasteiger partial charge in [0, 0.05) is 25.9 Å². The number of rotatable bonds is 16. The van der Waals surface area contributed by atoms with Crippen LogP contribution in [0.3, 0.4) is 0 Å². The molecule has 16 heteroatoms. The highest BCUT2D eigenvalue weighted by molar-refractivity contribution is 8.26. The number of hydrazine groups is 1. The van der Waals surface area contributed by atoms with E-state index in [9.17, 15) is 28.8 Å². The molecule has 4 amide bonds. The maximum absolute atomic E-state index is 14.1. The van der Waals surface area contributed by atoms with Crippen LogP contribution in [0.1, 0.15) is 121 Å². The number of hydrogen-bond donors (Lipinski definition) is 2. The molecule has 3 heterocycles. The Morgan fingerprint density at radius 1 is 0.643 bits per heavy atom. The van der Waals surface area contributed by atoms with Crippen LogP contribution >= 0.6 is 47.0 Å². The van der Waals surface area contributed by atoms with Gasteiger partial charge in [0.25, 0.3) is 23.6 Å². The Hall–Kier alpha value is -3.08. The summed E-state index contributed by atoms with van der Waals surface area (Å²) in [6.07, 6.45) is 4.79. The molecule has 1 aromatic rings. The summed E-state index contributed by atoms with van der Waals surface area (Å²) < 4.78 is 12.9. The summed E-state index contributed by atoms with van der Waals surface area (Å²) in [5.41, 5.74) is 10.7. The summed E-state index contributed by atoms with van der Waals surface area (Å²) in [4.78, 5) is 82.0. The second-order valence-corrected chi connectivity index (χ2v) is 21.7. The molecule has 308 valence electrons. The van der Waals surface area contributed by atoms with Crippen LogP contribution in [-0.2, 0) is 28.8 Å². The molecule has 0 aliphatic carbocycles. The summed E-state index contributed by atoms with van der Waals surface area (Å²) in [7, 11) is 0. The number of carbonyl (C=O) groups excluding carboxylic acids is 6. The minimum Gasteiger partial charge on any atom is -0.424 e. The van der Waals surface area contributed by atoms with Crippen LogP contribution in [0.25, 0.3) is 0 Å². The number of nitrogens with zero attached hydrogens (tertiary/aromatic N) is 2. The third kappa shape index (κ3) is 11.1. The predicted octanol–water partition coefficient (Wildman–Crippen LogP) is 8.40. The van der Waals surface area contributed by atoms with Gasteiger partial charge in [-0.15, -0.1) is 0 Å². The van der Waals surface area contributed by atoms with E-state index in [1.54, 1.807) is 0 Å². The zero-order valence-electron chi connectivity index (χ0n) is 34.2. The van der Waals surface area contributed by atoms with Gasteiger partial charge in [0.05, 0.1) is 28.1 Å². The average molecular weight is 849 g/mol. The SMILES string of the molecule is CCCCN1C(=O)C(=C2Sc3c(OC(=O)CC(C)CC(C)(C)C)c4c(c(OC(=O)CC(C)CC(C)(C)C)c3S2)SC(=C(C(N)=O)C(N)=O)S4)C(=O)N1CCCC. The van der Waals surface area contributed by atoms with Crippen LogP contribution in [0.5, 0.6) is 11.5 Å². The van der Waals surface area contributed by atoms with Crippen LogP contribution in [0.2, 0.25) is 0 Å². The molecule has 0 bridgehead atoms. The number of amides is 4. The number of benzene rings is 1. The number of primary amides is 2. The number of esters is 2. The van der Waals surface area contributed by atoms with Crippen LogP contribution in [0.4, 0.5) is 0 Å². The smallest absolute Gasteiger partial charge is 0.311 e. The molecule has 2 unspecified atom stereocenters. The van der Waals surface area contributed by atoms with Crippen molar-refractivity contribution in [2.45, 2.75) is 140 Å². The Bertz CT molecular complexity index is 1720. The van der Waals surface area contributed by atoms with Crippen molar-refractivity contribution in [3.05, 3.63) is 19.6 Å². The zero-order chi connectivity index (χ0) is 41.9. The van der Waals surface area contributed by atoms with Gasteiger partial charge in [-0.3, -0.25) is 28.8 Å². The van der Waals surface area contributed by atoms with Crippen molar-refractivity contribution in [1.29, 1.82) is 0 Å². The van der Waals surface area contributed by atoms with Crippen molar-refractivity contribution < 1.29 is 38.2 Å². The first-order chi connectivity index (χ1) is 26.1. The minimum atomic E-state index is -1.04. The minimum absolute atomic E-state index is 0.00125. The zero-order valence-corrected chi connectivity index (χ0v) is 37.4. The van der Waals surface area contributed by atoms with Crippen LogP contribution < -0.4 is 20.9 Å². The largest absolute Gasteiger partial charge is 0.424 e. The molecule has 0 radical (unpaired) electrons. The lowest BCUT2D eigenvalue weighted by atomic mass is 9.84. The molecule has 1 aromatic carbocycles. The highest BCUT2D eigenvalue weighted by Gasteiger charge is 2.47. The van der Waals surface area contributed by atoms with Gasteiger partial charge in [0.15, 0.2) is 11.5 Å². The number of fused-ring (bicyclic) bond motifs is 2. The summed E-state index contributed by atoms with van der Waals surface area (Å²) in [6, 6.07) is 0. The quantitative estimate of drug-likeness (QED) is 0.0534. The molecule has 0 aromatic heterocycles. The Morgan fingerprint density at radius 2 is 1.00 bits per heavy atom. The van der Waals surface area contributed by atoms with E-state index < -0.39 is 41.1 Å². The van der Waals surface area contributed by atoms with Gasteiger partial charge in [-0.1, -0.05) is 129 Å². The predicted molar refractivity (Wildman–Crippen MR) is 223 cm³/mol. The molecule has 0 spiro atoms. The van der Waals surface area contributed by atoms with Crippen LogP contribution in [0, 0.1) is 22.7 Å².